The molecule has 0 atom stereocenters. The zero-order valence-corrected chi connectivity index (χ0v) is 31.1. The quantitative estimate of drug-likeness (QED) is 0.179. The van der Waals surface area contributed by atoms with Crippen LogP contribution in [0.4, 0.5) is 17.1 Å². The summed E-state index contributed by atoms with van der Waals surface area (Å²) in [5.74, 6) is 1.85. The average Bonchev–Trinajstić information content (AvgIpc) is 3.56. The molecule has 10 aromatic rings. The highest BCUT2D eigenvalue weighted by Crippen LogP contribution is 2.64. The van der Waals surface area contributed by atoms with Crippen LogP contribution in [0, 0.1) is 0 Å². The molecule has 1 aliphatic heterocycles. The predicted molar refractivity (Wildman–Crippen MR) is 236 cm³/mol. The zero-order chi connectivity index (χ0) is 37.5. The molecule has 12 rings (SSSR count). The summed E-state index contributed by atoms with van der Waals surface area (Å²) >= 11 is 0. The lowest BCUT2D eigenvalue weighted by atomic mass is 9.65. The molecule has 2 aliphatic rings. The van der Waals surface area contributed by atoms with Crippen molar-refractivity contribution in [3.05, 3.63) is 235 Å². The lowest BCUT2D eigenvalue weighted by molar-refractivity contribution is 0.447. The summed E-state index contributed by atoms with van der Waals surface area (Å²) in [6.07, 6.45) is 0. The highest BCUT2D eigenvalue weighted by atomic mass is 16.5. The molecule has 0 unspecified atom stereocenters. The van der Waals surface area contributed by atoms with Crippen molar-refractivity contribution in [2.45, 2.75) is 5.41 Å². The van der Waals surface area contributed by atoms with E-state index in [-0.39, 0.29) is 0 Å². The van der Waals surface area contributed by atoms with Gasteiger partial charge in [0.05, 0.1) is 5.41 Å². The van der Waals surface area contributed by atoms with Gasteiger partial charge >= 0.3 is 0 Å². The first-order valence-electron chi connectivity index (χ1n) is 19.7. The Bertz CT molecular complexity index is 3130. The second-order valence-corrected chi connectivity index (χ2v) is 15.2. The van der Waals surface area contributed by atoms with E-state index in [9.17, 15) is 0 Å². The smallest absolute Gasteiger partial charge is 0.140 e. The first kappa shape index (κ1) is 31.9. The molecule has 1 aliphatic carbocycles. The average molecular weight is 726 g/mol. The largest absolute Gasteiger partial charge is 0.455 e. The van der Waals surface area contributed by atoms with Crippen molar-refractivity contribution < 1.29 is 4.74 Å². The molecule has 0 saturated carbocycles. The number of fused-ring (bicyclic) bond motifs is 14. The molecule has 2 heteroatoms. The molecule has 2 nitrogen and oxygen atoms in total. The summed E-state index contributed by atoms with van der Waals surface area (Å²) in [6.45, 7) is 0. The topological polar surface area (TPSA) is 12.5 Å². The summed E-state index contributed by atoms with van der Waals surface area (Å²) in [5, 5.41) is 6.99. The molecular formula is C55H35NO. The van der Waals surface area contributed by atoms with E-state index in [2.05, 4.69) is 217 Å². The molecule has 266 valence electrons. The minimum Gasteiger partial charge on any atom is -0.455 e. The Hall–Kier alpha value is -7.42. The second kappa shape index (κ2) is 12.3. The van der Waals surface area contributed by atoms with Crippen molar-refractivity contribution in [3.8, 4) is 33.8 Å². The van der Waals surface area contributed by atoms with Crippen molar-refractivity contribution in [1.82, 2.24) is 0 Å². The van der Waals surface area contributed by atoms with Crippen LogP contribution in [0.5, 0.6) is 11.5 Å². The summed E-state index contributed by atoms with van der Waals surface area (Å²) in [7, 11) is 0. The monoisotopic (exact) mass is 725 g/mol. The van der Waals surface area contributed by atoms with Crippen molar-refractivity contribution in [2.24, 2.45) is 0 Å². The number of hydrogen-bond donors (Lipinski definition) is 0. The third kappa shape index (κ3) is 4.65. The van der Waals surface area contributed by atoms with E-state index >= 15 is 0 Å². The number of ether oxygens (including phenoxy) is 1. The lowest BCUT2D eigenvalue weighted by Crippen LogP contribution is -2.32. The maximum absolute atomic E-state index is 7.22. The number of anilines is 3. The maximum Gasteiger partial charge on any atom is 0.140 e. The molecule has 57 heavy (non-hydrogen) atoms. The first-order valence-corrected chi connectivity index (χ1v) is 19.7. The number of rotatable bonds is 4. The molecule has 10 aromatic carbocycles. The van der Waals surface area contributed by atoms with Gasteiger partial charge in [-0.15, -0.1) is 0 Å². The van der Waals surface area contributed by atoms with Gasteiger partial charge in [0, 0.05) is 39.0 Å². The van der Waals surface area contributed by atoms with Gasteiger partial charge in [-0.25, -0.2) is 0 Å². The minimum absolute atomic E-state index is 0.634. The zero-order valence-electron chi connectivity index (χ0n) is 31.1. The Labute approximate surface area is 331 Å². The van der Waals surface area contributed by atoms with Crippen LogP contribution in [0.15, 0.2) is 212 Å². The standard InChI is InChI=1S/C55H35NO/c1-2-12-36(13-3-1)38-22-27-42(28-23-38)56(43-29-24-37-14-4-5-17-41(37)34-43)44-30-31-48-47-20-10-11-21-49(47)55(52(48)35-44)50-32-25-39-15-6-8-18-45(39)53(50)57-54-46-19-9-7-16-40(46)26-33-51(54)55/h1-35H. The van der Waals surface area contributed by atoms with Crippen molar-refractivity contribution in [2.75, 3.05) is 4.90 Å². The molecule has 0 aromatic heterocycles. The molecule has 0 radical (unpaired) electrons. The van der Waals surface area contributed by atoms with Gasteiger partial charge in [0.2, 0.25) is 0 Å². The van der Waals surface area contributed by atoms with E-state index in [1.807, 2.05) is 0 Å². The van der Waals surface area contributed by atoms with Gasteiger partial charge < -0.3 is 9.64 Å². The van der Waals surface area contributed by atoms with Crippen LogP contribution in [0.25, 0.3) is 54.6 Å². The van der Waals surface area contributed by atoms with Crippen LogP contribution in [-0.4, -0.2) is 0 Å². The molecular weight excluding hydrogens is 691 g/mol. The fraction of sp³-hybridized carbons (Fsp3) is 0.0182. The summed E-state index contributed by atoms with van der Waals surface area (Å²) in [5.41, 5.74) is 12.4. The van der Waals surface area contributed by atoms with Gasteiger partial charge in [-0.2, -0.15) is 0 Å². The van der Waals surface area contributed by atoms with E-state index in [1.54, 1.807) is 0 Å². The summed E-state index contributed by atoms with van der Waals surface area (Å²) < 4.78 is 7.22. The Balaban J connectivity index is 1.15. The molecule has 0 amide bonds. The fourth-order valence-corrected chi connectivity index (χ4v) is 9.73. The Morgan fingerprint density at radius 3 is 1.54 bits per heavy atom. The normalized spacial score (nSPS) is 13.2. The lowest BCUT2D eigenvalue weighted by Gasteiger charge is -2.40. The van der Waals surface area contributed by atoms with E-state index in [1.165, 1.54) is 44.2 Å². The number of nitrogens with zero attached hydrogens (tertiary/aromatic N) is 1. The van der Waals surface area contributed by atoms with E-state index in [0.29, 0.717) is 0 Å². The maximum atomic E-state index is 7.22. The Morgan fingerprint density at radius 1 is 0.316 bits per heavy atom. The second-order valence-electron chi connectivity index (χ2n) is 15.2. The van der Waals surface area contributed by atoms with Crippen LogP contribution in [0.3, 0.4) is 0 Å². The highest BCUT2D eigenvalue weighted by Gasteiger charge is 2.52. The third-order valence-electron chi connectivity index (χ3n) is 12.3. The number of hydrogen-bond acceptors (Lipinski definition) is 2. The predicted octanol–water partition coefficient (Wildman–Crippen LogP) is 14.8. The van der Waals surface area contributed by atoms with E-state index in [4.69, 9.17) is 4.74 Å². The van der Waals surface area contributed by atoms with Crippen LogP contribution < -0.4 is 9.64 Å². The number of benzene rings is 10. The molecule has 0 bridgehead atoms. The summed E-state index contributed by atoms with van der Waals surface area (Å²) in [4.78, 5) is 2.42. The highest BCUT2D eigenvalue weighted by molar-refractivity contribution is 6.00. The van der Waals surface area contributed by atoms with Crippen molar-refractivity contribution in [3.63, 3.8) is 0 Å². The van der Waals surface area contributed by atoms with Crippen LogP contribution >= 0.6 is 0 Å². The van der Waals surface area contributed by atoms with E-state index < -0.39 is 5.41 Å². The van der Waals surface area contributed by atoms with Crippen LogP contribution in [-0.2, 0) is 5.41 Å². The van der Waals surface area contributed by atoms with Gasteiger partial charge in [-0.05, 0) is 91.3 Å². The van der Waals surface area contributed by atoms with Gasteiger partial charge in [0.15, 0.2) is 0 Å². The Kier molecular flexibility index (Phi) is 6.88. The van der Waals surface area contributed by atoms with E-state index in [0.717, 1.165) is 61.2 Å². The minimum atomic E-state index is -0.634. The molecule has 1 heterocycles. The fourth-order valence-electron chi connectivity index (χ4n) is 9.73. The Morgan fingerprint density at radius 2 is 0.825 bits per heavy atom. The van der Waals surface area contributed by atoms with Crippen molar-refractivity contribution in [1.29, 1.82) is 0 Å². The van der Waals surface area contributed by atoms with Gasteiger partial charge in [-0.3, -0.25) is 0 Å². The molecule has 0 fully saturated rings. The SMILES string of the molecule is c1ccc(-c2ccc(N(c3ccc4c(c3)C3(c5ccccc5-4)c4ccc5ccccc5c4Oc4c3ccc3ccccc43)c3ccc4ccccc4c3)cc2)cc1. The third-order valence-corrected chi connectivity index (χ3v) is 12.3. The molecule has 0 N–H and O–H groups in total. The van der Waals surface area contributed by atoms with Gasteiger partial charge in [-0.1, -0.05) is 176 Å². The molecule has 1 spiro atoms. The summed E-state index contributed by atoms with van der Waals surface area (Å²) in [6, 6.07) is 77.5. The molecule has 0 saturated heterocycles. The first-order chi connectivity index (χ1) is 28.3. The van der Waals surface area contributed by atoms with Gasteiger partial charge in [0.25, 0.3) is 0 Å². The van der Waals surface area contributed by atoms with Crippen LogP contribution in [0.1, 0.15) is 22.3 Å². The van der Waals surface area contributed by atoms with Crippen molar-refractivity contribution >= 4 is 49.4 Å². The van der Waals surface area contributed by atoms with Gasteiger partial charge in [0.1, 0.15) is 11.5 Å². The van der Waals surface area contributed by atoms with Crippen LogP contribution in [0.2, 0.25) is 0 Å².